The Balaban J connectivity index is 2.05. The van der Waals surface area contributed by atoms with E-state index in [-0.39, 0.29) is 11.9 Å². The molecule has 25 heavy (non-hydrogen) atoms. The maximum atomic E-state index is 12.8. The summed E-state index contributed by atoms with van der Waals surface area (Å²) in [5.41, 5.74) is 1.49. The fraction of sp³-hybridized carbons (Fsp3) is 0.500. The molecule has 1 unspecified atom stereocenters. The monoisotopic (exact) mass is 347 g/mol. The van der Waals surface area contributed by atoms with Gasteiger partial charge in [0.1, 0.15) is 5.75 Å². The summed E-state index contributed by atoms with van der Waals surface area (Å²) in [6, 6.07) is 5.16. The molecule has 7 nitrogen and oxygen atoms in total. The minimum atomic E-state index is -0.597. The molecule has 1 aromatic rings. The maximum Gasteiger partial charge on any atom is 0.312 e. The number of piperazine rings is 1. The topological polar surface area (TPSA) is 79.0 Å². The van der Waals surface area contributed by atoms with E-state index in [2.05, 4.69) is 5.32 Å². The molecule has 1 aromatic carbocycles. The van der Waals surface area contributed by atoms with Gasteiger partial charge >= 0.3 is 11.8 Å². The number of benzene rings is 1. The van der Waals surface area contributed by atoms with Crippen LogP contribution >= 0.6 is 0 Å². The maximum absolute atomic E-state index is 12.8. The summed E-state index contributed by atoms with van der Waals surface area (Å²) in [5, 5.41) is 2.51. The largest absolute Gasteiger partial charge is 0.496 e. The van der Waals surface area contributed by atoms with Crippen molar-refractivity contribution in [2.75, 3.05) is 33.3 Å². The normalized spacial score (nSPS) is 17.2. The second kappa shape index (κ2) is 8.00. The molecule has 0 radical (unpaired) electrons. The Kier molecular flexibility index (Phi) is 6.01. The second-order valence-corrected chi connectivity index (χ2v) is 6.14. The molecule has 1 aliphatic heterocycles. The van der Waals surface area contributed by atoms with Crippen LogP contribution in [-0.4, -0.2) is 66.9 Å². The smallest absolute Gasteiger partial charge is 0.312 e. The molecule has 1 N–H and O–H groups in total. The van der Waals surface area contributed by atoms with Crippen molar-refractivity contribution in [2.45, 2.75) is 26.8 Å². The lowest BCUT2D eigenvalue weighted by Gasteiger charge is -2.39. The standard InChI is InChI=1S/C18H25N3O4/c1-5-19-16(22)18(24)20-8-9-21(13(3)11-20)17(23)14-6-7-15(25-4)12(2)10-14/h6-7,10,13H,5,8-9,11H2,1-4H3,(H,19,22). The number of carbonyl (C=O) groups excluding carboxylic acids is 3. The first kappa shape index (κ1) is 18.8. The molecule has 0 aliphatic carbocycles. The fourth-order valence-corrected chi connectivity index (χ4v) is 3.00. The van der Waals surface area contributed by atoms with E-state index in [1.807, 2.05) is 13.8 Å². The number of likely N-dealkylation sites (N-methyl/N-ethyl adjacent to an activating group) is 1. The van der Waals surface area contributed by atoms with Gasteiger partial charge in [-0.25, -0.2) is 0 Å². The van der Waals surface area contributed by atoms with Gasteiger partial charge in [-0.2, -0.15) is 0 Å². The van der Waals surface area contributed by atoms with Gasteiger partial charge in [-0.1, -0.05) is 0 Å². The van der Waals surface area contributed by atoms with Crippen LogP contribution < -0.4 is 10.1 Å². The zero-order chi connectivity index (χ0) is 18.6. The Morgan fingerprint density at radius 1 is 1.28 bits per heavy atom. The van der Waals surface area contributed by atoms with E-state index in [1.54, 1.807) is 37.1 Å². The molecule has 1 aliphatic rings. The average molecular weight is 347 g/mol. The van der Waals surface area contributed by atoms with Crippen LogP contribution in [0.2, 0.25) is 0 Å². The third-order valence-corrected chi connectivity index (χ3v) is 4.35. The minimum Gasteiger partial charge on any atom is -0.496 e. The summed E-state index contributed by atoms with van der Waals surface area (Å²) in [4.78, 5) is 39.8. The van der Waals surface area contributed by atoms with Crippen molar-refractivity contribution in [2.24, 2.45) is 0 Å². The Morgan fingerprint density at radius 3 is 2.56 bits per heavy atom. The van der Waals surface area contributed by atoms with Gasteiger partial charge in [0, 0.05) is 37.8 Å². The molecule has 1 saturated heterocycles. The number of ether oxygens (including phenoxy) is 1. The van der Waals surface area contributed by atoms with Crippen molar-refractivity contribution in [3.8, 4) is 5.75 Å². The van der Waals surface area contributed by atoms with Crippen molar-refractivity contribution in [1.82, 2.24) is 15.1 Å². The molecule has 1 atom stereocenters. The van der Waals surface area contributed by atoms with E-state index in [0.717, 1.165) is 11.3 Å². The van der Waals surface area contributed by atoms with E-state index in [0.29, 0.717) is 31.7 Å². The number of hydrogen-bond donors (Lipinski definition) is 1. The second-order valence-electron chi connectivity index (χ2n) is 6.14. The molecule has 0 saturated carbocycles. The number of nitrogens with one attached hydrogen (secondary N) is 1. The van der Waals surface area contributed by atoms with Gasteiger partial charge < -0.3 is 19.9 Å². The lowest BCUT2D eigenvalue weighted by molar-refractivity contribution is -0.147. The third-order valence-electron chi connectivity index (χ3n) is 4.35. The highest BCUT2D eigenvalue weighted by atomic mass is 16.5. The van der Waals surface area contributed by atoms with Crippen molar-refractivity contribution >= 4 is 17.7 Å². The van der Waals surface area contributed by atoms with Crippen LogP contribution in [0.3, 0.4) is 0 Å². The molecule has 1 fully saturated rings. The quantitative estimate of drug-likeness (QED) is 0.821. The number of aryl methyl sites for hydroxylation is 1. The van der Waals surface area contributed by atoms with E-state index in [9.17, 15) is 14.4 Å². The van der Waals surface area contributed by atoms with Gasteiger partial charge in [-0.15, -0.1) is 0 Å². The Bertz CT molecular complexity index is 674. The predicted octanol–water partition coefficient (Wildman–Crippen LogP) is 0.813. The van der Waals surface area contributed by atoms with Gasteiger partial charge in [0.05, 0.1) is 7.11 Å². The molecule has 3 amide bonds. The zero-order valence-electron chi connectivity index (χ0n) is 15.2. The summed E-state index contributed by atoms with van der Waals surface area (Å²) in [7, 11) is 1.59. The van der Waals surface area contributed by atoms with Crippen LogP contribution in [0, 0.1) is 6.92 Å². The average Bonchev–Trinajstić information content (AvgIpc) is 2.60. The molecule has 1 heterocycles. The third kappa shape index (κ3) is 4.10. The minimum absolute atomic E-state index is 0.0802. The molecule has 136 valence electrons. The summed E-state index contributed by atoms with van der Waals surface area (Å²) in [6.07, 6.45) is 0. The van der Waals surface area contributed by atoms with E-state index in [4.69, 9.17) is 4.74 Å². The number of methoxy groups -OCH3 is 1. The zero-order valence-corrected chi connectivity index (χ0v) is 15.2. The highest BCUT2D eigenvalue weighted by Crippen LogP contribution is 2.21. The van der Waals surface area contributed by atoms with Gasteiger partial charge in [0.2, 0.25) is 0 Å². The molecular formula is C18H25N3O4. The highest BCUT2D eigenvalue weighted by Gasteiger charge is 2.32. The summed E-state index contributed by atoms with van der Waals surface area (Å²) < 4.78 is 5.22. The number of nitrogens with zero attached hydrogens (tertiary/aromatic N) is 2. The molecule has 0 spiro atoms. The van der Waals surface area contributed by atoms with Crippen LogP contribution in [0.25, 0.3) is 0 Å². The number of carbonyl (C=O) groups is 3. The fourth-order valence-electron chi connectivity index (χ4n) is 3.00. The lowest BCUT2D eigenvalue weighted by Crippen LogP contribution is -2.57. The van der Waals surface area contributed by atoms with Crippen molar-refractivity contribution in [3.05, 3.63) is 29.3 Å². The van der Waals surface area contributed by atoms with Crippen LogP contribution in [0.5, 0.6) is 5.75 Å². The van der Waals surface area contributed by atoms with Crippen LogP contribution in [-0.2, 0) is 9.59 Å². The Hall–Kier alpha value is -2.57. The van der Waals surface area contributed by atoms with Crippen LogP contribution in [0.15, 0.2) is 18.2 Å². The first-order valence-electron chi connectivity index (χ1n) is 8.41. The first-order valence-corrected chi connectivity index (χ1v) is 8.41. The van der Waals surface area contributed by atoms with Gasteiger partial charge in [-0.3, -0.25) is 14.4 Å². The summed E-state index contributed by atoms with van der Waals surface area (Å²) in [5.74, 6) is -0.480. The van der Waals surface area contributed by atoms with Gasteiger partial charge in [0.25, 0.3) is 5.91 Å². The summed E-state index contributed by atoms with van der Waals surface area (Å²) >= 11 is 0. The molecule has 7 heteroatoms. The van der Waals surface area contributed by atoms with Crippen molar-refractivity contribution in [3.63, 3.8) is 0 Å². The number of amides is 3. The Labute approximate surface area is 147 Å². The number of rotatable bonds is 3. The number of hydrogen-bond acceptors (Lipinski definition) is 4. The molecule has 0 aromatic heterocycles. The molecular weight excluding hydrogens is 322 g/mol. The SMILES string of the molecule is CCNC(=O)C(=O)N1CCN(C(=O)c2ccc(OC)c(C)c2)C(C)C1. The molecule has 2 rings (SSSR count). The van der Waals surface area contributed by atoms with Crippen molar-refractivity contribution in [1.29, 1.82) is 0 Å². The predicted molar refractivity (Wildman–Crippen MR) is 93.5 cm³/mol. The van der Waals surface area contributed by atoms with Gasteiger partial charge in [-0.05, 0) is 44.5 Å². The first-order chi connectivity index (χ1) is 11.9. The van der Waals surface area contributed by atoms with E-state index in [1.165, 1.54) is 4.90 Å². The van der Waals surface area contributed by atoms with Crippen molar-refractivity contribution < 1.29 is 19.1 Å². The van der Waals surface area contributed by atoms with Crippen LogP contribution in [0.4, 0.5) is 0 Å². The highest BCUT2D eigenvalue weighted by molar-refractivity contribution is 6.35. The van der Waals surface area contributed by atoms with E-state index >= 15 is 0 Å². The van der Waals surface area contributed by atoms with Crippen LogP contribution in [0.1, 0.15) is 29.8 Å². The van der Waals surface area contributed by atoms with Gasteiger partial charge in [0.15, 0.2) is 0 Å². The van der Waals surface area contributed by atoms with E-state index < -0.39 is 11.8 Å². The Morgan fingerprint density at radius 2 is 2.00 bits per heavy atom. The molecule has 0 bridgehead atoms. The lowest BCUT2D eigenvalue weighted by atomic mass is 10.1. The summed E-state index contributed by atoms with van der Waals surface area (Å²) in [6.45, 7) is 7.04.